The molecule has 17 heavy (non-hydrogen) atoms. The molecule has 0 N–H and O–H groups in total. The largest absolute Gasteiger partial charge is 0.0622 e. The molecule has 0 fully saturated rings. The van der Waals surface area contributed by atoms with E-state index < -0.39 is 0 Å². The average molecular weight is 285 g/mol. The van der Waals surface area contributed by atoms with E-state index in [0.717, 1.165) is 6.42 Å². The SMILES string of the molecule is CC1=C(c2ccccc2)Cc2cccc(Br)c21. The van der Waals surface area contributed by atoms with Gasteiger partial charge in [0.1, 0.15) is 0 Å². The molecule has 0 aromatic heterocycles. The van der Waals surface area contributed by atoms with Gasteiger partial charge in [-0.25, -0.2) is 0 Å². The summed E-state index contributed by atoms with van der Waals surface area (Å²) in [7, 11) is 0. The number of hydrogen-bond acceptors (Lipinski definition) is 0. The summed E-state index contributed by atoms with van der Waals surface area (Å²) in [5.41, 5.74) is 7.00. The molecule has 2 aromatic rings. The van der Waals surface area contributed by atoms with Crippen molar-refractivity contribution in [2.45, 2.75) is 13.3 Å². The summed E-state index contributed by atoms with van der Waals surface area (Å²) in [5.74, 6) is 0. The van der Waals surface area contributed by atoms with Gasteiger partial charge in [-0.05, 0) is 47.2 Å². The molecular formula is C16H13Br. The average Bonchev–Trinajstić information content (AvgIpc) is 2.69. The Bertz CT molecular complexity index is 594. The minimum Gasteiger partial charge on any atom is -0.0622 e. The molecule has 84 valence electrons. The van der Waals surface area contributed by atoms with E-state index in [4.69, 9.17) is 0 Å². The molecule has 1 heteroatoms. The first-order valence-corrected chi connectivity index (χ1v) is 6.59. The fourth-order valence-electron chi connectivity index (χ4n) is 2.57. The third-order valence-electron chi connectivity index (χ3n) is 3.42. The first kappa shape index (κ1) is 10.8. The van der Waals surface area contributed by atoms with Crippen molar-refractivity contribution in [1.29, 1.82) is 0 Å². The van der Waals surface area contributed by atoms with Gasteiger partial charge in [0, 0.05) is 4.47 Å². The fourth-order valence-corrected chi connectivity index (χ4v) is 3.27. The monoisotopic (exact) mass is 284 g/mol. The minimum absolute atomic E-state index is 1.05. The van der Waals surface area contributed by atoms with Crippen molar-refractivity contribution in [1.82, 2.24) is 0 Å². The molecule has 0 spiro atoms. The summed E-state index contributed by atoms with van der Waals surface area (Å²) < 4.78 is 1.21. The van der Waals surface area contributed by atoms with Crippen LogP contribution in [0.4, 0.5) is 0 Å². The van der Waals surface area contributed by atoms with Gasteiger partial charge in [0.25, 0.3) is 0 Å². The van der Waals surface area contributed by atoms with E-state index in [-0.39, 0.29) is 0 Å². The molecule has 0 unspecified atom stereocenters. The molecule has 0 heterocycles. The van der Waals surface area contributed by atoms with Crippen molar-refractivity contribution in [3.8, 4) is 0 Å². The van der Waals surface area contributed by atoms with E-state index in [9.17, 15) is 0 Å². The van der Waals surface area contributed by atoms with Gasteiger partial charge < -0.3 is 0 Å². The molecule has 1 aliphatic rings. The highest BCUT2D eigenvalue weighted by Crippen LogP contribution is 2.41. The molecule has 0 nitrogen and oxygen atoms in total. The van der Waals surface area contributed by atoms with Crippen LogP contribution in [-0.2, 0) is 6.42 Å². The summed E-state index contributed by atoms with van der Waals surface area (Å²) in [4.78, 5) is 0. The maximum atomic E-state index is 3.65. The van der Waals surface area contributed by atoms with Crippen LogP contribution in [0.25, 0.3) is 11.1 Å². The van der Waals surface area contributed by atoms with Gasteiger partial charge in [0.15, 0.2) is 0 Å². The van der Waals surface area contributed by atoms with Crippen LogP contribution in [0.15, 0.2) is 53.0 Å². The van der Waals surface area contributed by atoms with Gasteiger partial charge in [0.05, 0.1) is 0 Å². The van der Waals surface area contributed by atoms with E-state index in [0.29, 0.717) is 0 Å². The van der Waals surface area contributed by atoms with E-state index in [1.807, 2.05) is 0 Å². The first-order chi connectivity index (χ1) is 8.27. The molecule has 0 aliphatic heterocycles. The van der Waals surface area contributed by atoms with Crippen LogP contribution in [0.3, 0.4) is 0 Å². The minimum atomic E-state index is 1.05. The molecule has 0 amide bonds. The normalized spacial score (nSPS) is 14.0. The molecule has 0 saturated heterocycles. The van der Waals surface area contributed by atoms with Gasteiger partial charge in [-0.2, -0.15) is 0 Å². The first-order valence-electron chi connectivity index (χ1n) is 5.80. The van der Waals surface area contributed by atoms with Crippen molar-refractivity contribution < 1.29 is 0 Å². The van der Waals surface area contributed by atoms with E-state index >= 15 is 0 Å². The van der Waals surface area contributed by atoms with E-state index in [1.165, 1.54) is 32.3 Å². The number of halogens is 1. The van der Waals surface area contributed by atoms with Crippen molar-refractivity contribution >= 4 is 27.1 Å². The second-order valence-corrected chi connectivity index (χ2v) is 5.27. The maximum Gasteiger partial charge on any atom is 0.0253 e. The van der Waals surface area contributed by atoms with Crippen LogP contribution < -0.4 is 0 Å². The smallest absolute Gasteiger partial charge is 0.0253 e. The molecule has 1 aliphatic carbocycles. The number of rotatable bonds is 1. The lowest BCUT2D eigenvalue weighted by molar-refractivity contribution is 1.31. The zero-order valence-electron chi connectivity index (χ0n) is 9.70. The predicted octanol–water partition coefficient (Wildman–Crippen LogP) is 4.94. The number of allylic oxidation sites excluding steroid dienone is 2. The number of benzene rings is 2. The Morgan fingerprint density at radius 1 is 0.941 bits per heavy atom. The van der Waals surface area contributed by atoms with Crippen LogP contribution in [-0.4, -0.2) is 0 Å². The second kappa shape index (κ2) is 4.15. The molecule has 2 aromatic carbocycles. The zero-order chi connectivity index (χ0) is 11.8. The van der Waals surface area contributed by atoms with Gasteiger partial charge in [-0.1, -0.05) is 58.4 Å². The molecular weight excluding hydrogens is 272 g/mol. The molecule has 0 atom stereocenters. The maximum absolute atomic E-state index is 3.65. The lowest BCUT2D eigenvalue weighted by Crippen LogP contribution is -1.85. The Hall–Kier alpha value is -1.34. The third kappa shape index (κ3) is 1.75. The van der Waals surface area contributed by atoms with Gasteiger partial charge in [-0.15, -0.1) is 0 Å². The summed E-state index contributed by atoms with van der Waals surface area (Å²) in [6, 6.07) is 17.1. The molecule has 3 rings (SSSR count). The van der Waals surface area contributed by atoms with Gasteiger partial charge in [-0.3, -0.25) is 0 Å². The van der Waals surface area contributed by atoms with Crippen LogP contribution >= 0.6 is 15.9 Å². The van der Waals surface area contributed by atoms with Gasteiger partial charge in [0.2, 0.25) is 0 Å². The standard InChI is InChI=1S/C16H13Br/c1-11-14(12-6-3-2-4-7-12)10-13-8-5-9-15(17)16(11)13/h2-9H,10H2,1H3. The summed E-state index contributed by atoms with van der Waals surface area (Å²) in [5, 5.41) is 0. The van der Waals surface area contributed by atoms with Crippen molar-refractivity contribution in [2.24, 2.45) is 0 Å². The Morgan fingerprint density at radius 2 is 1.71 bits per heavy atom. The molecule has 0 saturated carbocycles. The summed E-state index contributed by atoms with van der Waals surface area (Å²) in [6.07, 6.45) is 1.05. The quantitative estimate of drug-likeness (QED) is 0.696. The topological polar surface area (TPSA) is 0 Å². The van der Waals surface area contributed by atoms with Crippen LogP contribution in [0.5, 0.6) is 0 Å². The van der Waals surface area contributed by atoms with Crippen LogP contribution in [0.2, 0.25) is 0 Å². The molecule has 0 radical (unpaired) electrons. The van der Waals surface area contributed by atoms with Crippen LogP contribution in [0, 0.1) is 0 Å². The Balaban J connectivity index is 2.15. The lowest BCUT2D eigenvalue weighted by atomic mass is 10.0. The Kier molecular flexibility index (Phi) is 2.64. The highest BCUT2D eigenvalue weighted by molar-refractivity contribution is 9.10. The lowest BCUT2D eigenvalue weighted by Gasteiger charge is -2.04. The predicted molar refractivity (Wildman–Crippen MR) is 76.8 cm³/mol. The highest BCUT2D eigenvalue weighted by Gasteiger charge is 2.21. The van der Waals surface area contributed by atoms with Crippen molar-refractivity contribution in [2.75, 3.05) is 0 Å². The van der Waals surface area contributed by atoms with Crippen molar-refractivity contribution in [3.63, 3.8) is 0 Å². The molecule has 0 bridgehead atoms. The van der Waals surface area contributed by atoms with Gasteiger partial charge >= 0.3 is 0 Å². The van der Waals surface area contributed by atoms with Crippen molar-refractivity contribution in [3.05, 3.63) is 69.7 Å². The van der Waals surface area contributed by atoms with Crippen LogP contribution in [0.1, 0.15) is 23.6 Å². The second-order valence-electron chi connectivity index (χ2n) is 4.42. The Morgan fingerprint density at radius 3 is 2.41 bits per heavy atom. The van der Waals surface area contributed by atoms with E-state index in [2.05, 4.69) is 71.4 Å². The highest BCUT2D eigenvalue weighted by atomic mass is 79.9. The summed E-state index contributed by atoms with van der Waals surface area (Å²) in [6.45, 7) is 2.22. The van der Waals surface area contributed by atoms with E-state index in [1.54, 1.807) is 0 Å². The number of hydrogen-bond donors (Lipinski definition) is 0. The third-order valence-corrected chi connectivity index (χ3v) is 4.08. The zero-order valence-corrected chi connectivity index (χ0v) is 11.3. The Labute approximate surface area is 110 Å². The fraction of sp³-hybridized carbons (Fsp3) is 0.125. The summed E-state index contributed by atoms with van der Waals surface area (Å²) >= 11 is 3.65. The number of fused-ring (bicyclic) bond motifs is 1.